The molecule has 0 aliphatic carbocycles. The van der Waals surface area contributed by atoms with Crippen molar-refractivity contribution in [2.24, 2.45) is 5.92 Å². The molecule has 0 spiro atoms. The minimum absolute atomic E-state index is 0.102. The zero-order valence-electron chi connectivity index (χ0n) is 11.0. The summed E-state index contributed by atoms with van der Waals surface area (Å²) in [4.78, 5) is 12.2. The molecule has 100 valence electrons. The number of carbonyl (C=O) groups excluding carboxylic acids is 1. The maximum absolute atomic E-state index is 11.9. The summed E-state index contributed by atoms with van der Waals surface area (Å²) >= 11 is 5.06. The fraction of sp³-hybridized carbons (Fsp3) is 0.357. The van der Waals surface area contributed by atoms with Crippen LogP contribution in [0.4, 0.5) is 0 Å². The highest BCUT2D eigenvalue weighted by Gasteiger charge is 2.22. The molecule has 1 atom stereocenters. The van der Waals surface area contributed by atoms with E-state index in [1.165, 1.54) is 0 Å². The van der Waals surface area contributed by atoms with Gasteiger partial charge in [0.25, 0.3) is 0 Å². The SMILES string of the molecule is CC(C)NC(=S)C(C#N)C(=O)NCc1ccccc1. The second-order valence-corrected chi connectivity index (χ2v) is 4.87. The normalized spacial score (nSPS) is 11.5. The van der Waals surface area contributed by atoms with Crippen molar-refractivity contribution in [2.45, 2.75) is 26.4 Å². The molecule has 19 heavy (non-hydrogen) atoms. The molecule has 1 unspecified atom stereocenters. The molecular formula is C14H17N3OS. The van der Waals surface area contributed by atoms with Gasteiger partial charge in [-0.3, -0.25) is 4.79 Å². The third kappa shape index (κ3) is 5.06. The van der Waals surface area contributed by atoms with Crippen LogP contribution in [-0.4, -0.2) is 16.9 Å². The first-order valence-electron chi connectivity index (χ1n) is 6.06. The highest BCUT2D eigenvalue weighted by molar-refractivity contribution is 7.80. The van der Waals surface area contributed by atoms with E-state index in [-0.39, 0.29) is 16.9 Å². The lowest BCUT2D eigenvalue weighted by molar-refractivity contribution is -0.121. The molecule has 0 saturated carbocycles. The van der Waals surface area contributed by atoms with E-state index >= 15 is 0 Å². The molecule has 0 heterocycles. The van der Waals surface area contributed by atoms with Crippen LogP contribution in [0.3, 0.4) is 0 Å². The molecule has 0 aliphatic heterocycles. The molecule has 1 rings (SSSR count). The number of nitriles is 1. The number of nitrogens with zero attached hydrogens (tertiary/aromatic N) is 1. The van der Waals surface area contributed by atoms with Crippen LogP contribution in [0, 0.1) is 17.2 Å². The van der Waals surface area contributed by atoms with Crippen LogP contribution >= 0.6 is 12.2 Å². The maximum Gasteiger partial charge on any atom is 0.244 e. The molecular weight excluding hydrogens is 258 g/mol. The smallest absolute Gasteiger partial charge is 0.244 e. The van der Waals surface area contributed by atoms with Gasteiger partial charge in [-0.25, -0.2) is 0 Å². The Hall–Kier alpha value is -1.93. The van der Waals surface area contributed by atoms with Crippen LogP contribution in [0.15, 0.2) is 30.3 Å². The Morgan fingerprint density at radius 1 is 1.37 bits per heavy atom. The fourth-order valence-electron chi connectivity index (χ4n) is 1.49. The van der Waals surface area contributed by atoms with Gasteiger partial charge in [-0.15, -0.1) is 0 Å². The summed E-state index contributed by atoms with van der Waals surface area (Å²) < 4.78 is 0. The van der Waals surface area contributed by atoms with Gasteiger partial charge in [0.15, 0.2) is 5.92 Å². The van der Waals surface area contributed by atoms with Crippen molar-refractivity contribution in [3.63, 3.8) is 0 Å². The highest BCUT2D eigenvalue weighted by atomic mass is 32.1. The van der Waals surface area contributed by atoms with Gasteiger partial charge in [-0.05, 0) is 19.4 Å². The summed E-state index contributed by atoms with van der Waals surface area (Å²) in [6.45, 7) is 4.20. The average Bonchev–Trinajstić information content (AvgIpc) is 2.37. The van der Waals surface area contributed by atoms with E-state index in [1.54, 1.807) is 0 Å². The lowest BCUT2D eigenvalue weighted by Crippen LogP contribution is -2.41. The summed E-state index contributed by atoms with van der Waals surface area (Å²) in [6.07, 6.45) is 0. The van der Waals surface area contributed by atoms with Gasteiger partial charge in [-0.1, -0.05) is 42.5 Å². The van der Waals surface area contributed by atoms with E-state index in [0.29, 0.717) is 6.54 Å². The second-order valence-electron chi connectivity index (χ2n) is 4.43. The van der Waals surface area contributed by atoms with Crippen molar-refractivity contribution in [3.05, 3.63) is 35.9 Å². The minimum Gasteiger partial charge on any atom is -0.376 e. The first-order valence-corrected chi connectivity index (χ1v) is 6.47. The number of hydrogen-bond acceptors (Lipinski definition) is 3. The monoisotopic (exact) mass is 275 g/mol. The van der Waals surface area contributed by atoms with Crippen LogP contribution in [0.25, 0.3) is 0 Å². The molecule has 0 radical (unpaired) electrons. The molecule has 0 fully saturated rings. The zero-order valence-corrected chi connectivity index (χ0v) is 11.8. The Kier molecular flexibility index (Phi) is 5.97. The van der Waals surface area contributed by atoms with Crippen LogP contribution in [0.5, 0.6) is 0 Å². The number of benzene rings is 1. The molecule has 5 heteroatoms. The summed E-state index contributed by atoms with van der Waals surface area (Å²) in [7, 11) is 0. The predicted molar refractivity (Wildman–Crippen MR) is 78.3 cm³/mol. The predicted octanol–water partition coefficient (Wildman–Crippen LogP) is 1.77. The summed E-state index contributed by atoms with van der Waals surface area (Å²) in [5.41, 5.74) is 0.982. The Morgan fingerprint density at radius 3 is 2.53 bits per heavy atom. The van der Waals surface area contributed by atoms with Crippen molar-refractivity contribution in [1.29, 1.82) is 5.26 Å². The number of carbonyl (C=O) groups is 1. The van der Waals surface area contributed by atoms with Crippen LogP contribution in [0.1, 0.15) is 19.4 Å². The van der Waals surface area contributed by atoms with Gasteiger partial charge >= 0.3 is 0 Å². The molecule has 1 amide bonds. The third-order valence-electron chi connectivity index (χ3n) is 2.39. The van der Waals surface area contributed by atoms with Gasteiger partial charge < -0.3 is 10.6 Å². The van der Waals surface area contributed by atoms with E-state index in [2.05, 4.69) is 10.6 Å². The van der Waals surface area contributed by atoms with Gasteiger partial charge in [-0.2, -0.15) is 5.26 Å². The van der Waals surface area contributed by atoms with Crippen molar-refractivity contribution in [3.8, 4) is 6.07 Å². The van der Waals surface area contributed by atoms with E-state index < -0.39 is 5.92 Å². The summed E-state index contributed by atoms with van der Waals surface area (Å²) in [5.74, 6) is -1.31. The third-order valence-corrected chi connectivity index (χ3v) is 2.75. The minimum atomic E-state index is -0.943. The van der Waals surface area contributed by atoms with Crippen LogP contribution in [0.2, 0.25) is 0 Å². The molecule has 2 N–H and O–H groups in total. The van der Waals surface area contributed by atoms with Crippen LogP contribution in [-0.2, 0) is 11.3 Å². The van der Waals surface area contributed by atoms with Crippen LogP contribution < -0.4 is 10.6 Å². The molecule has 1 aromatic carbocycles. The molecule has 0 aliphatic rings. The van der Waals surface area contributed by atoms with Crippen molar-refractivity contribution >= 4 is 23.1 Å². The fourth-order valence-corrected chi connectivity index (χ4v) is 1.89. The highest BCUT2D eigenvalue weighted by Crippen LogP contribution is 2.02. The van der Waals surface area contributed by atoms with Gasteiger partial charge in [0.1, 0.15) is 4.99 Å². The number of nitrogens with one attached hydrogen (secondary N) is 2. The van der Waals surface area contributed by atoms with E-state index in [0.717, 1.165) is 5.56 Å². The molecule has 4 nitrogen and oxygen atoms in total. The topological polar surface area (TPSA) is 64.9 Å². The van der Waals surface area contributed by atoms with Gasteiger partial charge in [0.2, 0.25) is 5.91 Å². The first kappa shape index (κ1) is 15.1. The number of amides is 1. The Bertz CT molecular complexity index is 479. The first-order chi connectivity index (χ1) is 9.04. The molecule has 0 bridgehead atoms. The van der Waals surface area contributed by atoms with E-state index in [9.17, 15) is 4.79 Å². The van der Waals surface area contributed by atoms with Crippen molar-refractivity contribution < 1.29 is 4.79 Å². The lowest BCUT2D eigenvalue weighted by Gasteiger charge is -2.15. The van der Waals surface area contributed by atoms with Gasteiger partial charge in [0.05, 0.1) is 6.07 Å². The average molecular weight is 275 g/mol. The Balaban J connectivity index is 2.56. The Morgan fingerprint density at radius 2 is 2.00 bits per heavy atom. The lowest BCUT2D eigenvalue weighted by atomic mass is 10.1. The second kappa shape index (κ2) is 7.49. The largest absolute Gasteiger partial charge is 0.376 e. The Labute approximate surface area is 118 Å². The number of rotatable bonds is 5. The van der Waals surface area contributed by atoms with Gasteiger partial charge in [0, 0.05) is 12.6 Å². The van der Waals surface area contributed by atoms with Crippen molar-refractivity contribution in [1.82, 2.24) is 10.6 Å². The number of thiocarbonyl (C=S) groups is 1. The standard InChI is InChI=1S/C14H17N3OS/c1-10(2)17-14(19)12(8-15)13(18)16-9-11-6-4-3-5-7-11/h3-7,10,12H,9H2,1-2H3,(H,16,18)(H,17,19). The van der Waals surface area contributed by atoms with Crippen molar-refractivity contribution in [2.75, 3.05) is 0 Å². The molecule has 0 aromatic heterocycles. The molecule has 1 aromatic rings. The summed E-state index contributed by atoms with van der Waals surface area (Å²) in [6, 6.07) is 11.5. The van der Waals surface area contributed by atoms with E-state index in [4.69, 9.17) is 17.5 Å². The number of hydrogen-bond donors (Lipinski definition) is 2. The zero-order chi connectivity index (χ0) is 14.3. The summed E-state index contributed by atoms with van der Waals surface area (Å²) in [5, 5.41) is 14.7. The maximum atomic E-state index is 11.9. The van der Waals surface area contributed by atoms with E-state index in [1.807, 2.05) is 50.2 Å². The quantitative estimate of drug-likeness (QED) is 0.804. The molecule has 0 saturated heterocycles.